The van der Waals surface area contributed by atoms with Crippen LogP contribution in [0.4, 0.5) is 4.79 Å². The zero-order valence-corrected chi connectivity index (χ0v) is 27.6. The first-order chi connectivity index (χ1) is 22.0. The van der Waals surface area contributed by atoms with Gasteiger partial charge in [-0.25, -0.2) is 13.2 Å². The van der Waals surface area contributed by atoms with Crippen LogP contribution in [0.3, 0.4) is 0 Å². The van der Waals surface area contributed by atoms with Gasteiger partial charge in [-0.2, -0.15) is 4.31 Å². The Balaban J connectivity index is 1.32. The van der Waals surface area contributed by atoms with Crippen molar-refractivity contribution < 1.29 is 46.7 Å². The Morgan fingerprint density at radius 3 is 2.57 bits per heavy atom. The molecule has 2 N–H and O–H groups in total. The minimum atomic E-state index is -4.05. The Hall–Kier alpha value is -3.14. The highest BCUT2D eigenvalue weighted by Crippen LogP contribution is 2.35. The molecule has 5 rings (SSSR count). The first-order valence-electron chi connectivity index (χ1n) is 15.6. The lowest BCUT2D eigenvalue weighted by Crippen LogP contribution is -2.51. The van der Waals surface area contributed by atoms with Crippen molar-refractivity contribution >= 4 is 16.1 Å². The molecule has 1 amide bonds. The molecule has 0 radical (unpaired) electrons. The topological polar surface area (TPSA) is 145 Å². The first kappa shape index (κ1) is 34.2. The monoisotopic (exact) mass is 663 g/mol. The van der Waals surface area contributed by atoms with Crippen LogP contribution in [0.1, 0.15) is 25.8 Å². The molecule has 0 saturated carbocycles. The molecule has 46 heavy (non-hydrogen) atoms. The molecule has 0 spiro atoms. The van der Waals surface area contributed by atoms with E-state index in [1.807, 2.05) is 57.1 Å². The van der Waals surface area contributed by atoms with Gasteiger partial charge in [0.25, 0.3) is 0 Å². The van der Waals surface area contributed by atoms with E-state index in [9.17, 15) is 18.3 Å². The SMILES string of the molecule is CC(C)CN(C[C@@H](O)[C@H](Cc1ccc(OCCN(C)C)cc1)NC(=O)O[C@H]1CO[C@H]2OCC[C@H]21)S(=O)(=O)c1ccc2c(c1)OCO2. The van der Waals surface area contributed by atoms with Crippen LogP contribution in [-0.4, -0.2) is 114 Å². The fourth-order valence-corrected chi connectivity index (χ4v) is 7.31. The normalized spacial score (nSPS) is 21.9. The van der Waals surface area contributed by atoms with Gasteiger partial charge in [-0.1, -0.05) is 26.0 Å². The van der Waals surface area contributed by atoms with Crippen LogP contribution in [0.5, 0.6) is 17.2 Å². The molecule has 0 aliphatic carbocycles. The van der Waals surface area contributed by atoms with Crippen molar-refractivity contribution in [1.29, 1.82) is 0 Å². The third-order valence-electron chi connectivity index (χ3n) is 8.14. The molecule has 3 heterocycles. The lowest BCUT2D eigenvalue weighted by Gasteiger charge is -2.31. The number of ether oxygens (including phenoxy) is 6. The number of aliphatic hydroxyl groups is 1. The second-order valence-corrected chi connectivity index (χ2v) is 14.5. The highest BCUT2D eigenvalue weighted by Gasteiger charge is 2.44. The lowest BCUT2D eigenvalue weighted by molar-refractivity contribution is -0.0907. The van der Waals surface area contributed by atoms with E-state index in [1.165, 1.54) is 16.4 Å². The molecule has 14 heteroatoms. The van der Waals surface area contributed by atoms with E-state index in [2.05, 4.69) is 5.32 Å². The fraction of sp³-hybridized carbons (Fsp3) is 0.594. The number of alkyl carbamates (subject to hydrolysis) is 1. The number of carbonyl (C=O) groups is 1. The number of rotatable bonds is 15. The van der Waals surface area contributed by atoms with Crippen molar-refractivity contribution in [1.82, 2.24) is 14.5 Å². The molecule has 5 atom stereocenters. The molecule has 0 aromatic heterocycles. The molecule has 0 bridgehead atoms. The van der Waals surface area contributed by atoms with Crippen molar-refractivity contribution in [3.8, 4) is 17.2 Å². The summed E-state index contributed by atoms with van der Waals surface area (Å²) in [7, 11) is -0.113. The van der Waals surface area contributed by atoms with E-state index in [0.29, 0.717) is 30.5 Å². The number of aliphatic hydroxyl groups excluding tert-OH is 1. The number of sulfonamides is 1. The molecule has 3 aliphatic rings. The number of nitrogens with zero attached hydrogens (tertiary/aromatic N) is 2. The predicted octanol–water partition coefficient (Wildman–Crippen LogP) is 2.46. The standard InChI is InChI=1S/C32H45N3O10S/c1-21(2)17-35(46(38,39)24-9-10-28-29(16-24)44-20-43-28)18-27(36)26(15-22-5-7-23(8-6-22)40-14-12-34(3)4)33-32(37)45-30-19-42-31-25(30)11-13-41-31/h5-10,16,21,25-27,30-31,36H,11-15,17-20H2,1-4H3,(H,33,37)/t25-,26-,27+,30-,31+/m0/s1. The molecular weight excluding hydrogens is 618 g/mol. The van der Waals surface area contributed by atoms with Crippen LogP contribution in [0.2, 0.25) is 0 Å². The van der Waals surface area contributed by atoms with E-state index >= 15 is 0 Å². The number of carbonyl (C=O) groups excluding carboxylic acids is 1. The maximum absolute atomic E-state index is 13.9. The van der Waals surface area contributed by atoms with Gasteiger partial charge >= 0.3 is 6.09 Å². The van der Waals surface area contributed by atoms with Crippen molar-refractivity contribution in [2.24, 2.45) is 11.8 Å². The number of fused-ring (bicyclic) bond motifs is 2. The largest absolute Gasteiger partial charge is 0.492 e. The van der Waals surface area contributed by atoms with Crippen LogP contribution < -0.4 is 19.5 Å². The smallest absolute Gasteiger partial charge is 0.407 e. The number of hydrogen-bond acceptors (Lipinski definition) is 11. The maximum atomic E-state index is 13.9. The summed E-state index contributed by atoms with van der Waals surface area (Å²) in [5, 5.41) is 14.4. The number of likely N-dealkylation sites (N-methyl/N-ethyl adjacent to an activating group) is 1. The Kier molecular flexibility index (Phi) is 11.3. The first-order valence-corrected chi connectivity index (χ1v) is 17.1. The van der Waals surface area contributed by atoms with Gasteiger partial charge in [0.2, 0.25) is 16.8 Å². The van der Waals surface area contributed by atoms with Gasteiger partial charge in [0.05, 0.1) is 36.2 Å². The van der Waals surface area contributed by atoms with Crippen molar-refractivity contribution in [3.05, 3.63) is 48.0 Å². The molecular formula is C32H45N3O10S. The van der Waals surface area contributed by atoms with Crippen LogP contribution >= 0.6 is 0 Å². The minimum Gasteiger partial charge on any atom is -0.492 e. The van der Waals surface area contributed by atoms with E-state index in [1.54, 1.807) is 6.07 Å². The third kappa shape index (κ3) is 8.60. The minimum absolute atomic E-state index is 0.0152. The number of amides is 1. The van der Waals surface area contributed by atoms with Crippen LogP contribution in [0.15, 0.2) is 47.4 Å². The zero-order chi connectivity index (χ0) is 32.8. The van der Waals surface area contributed by atoms with Gasteiger partial charge in [-0.05, 0) is 62.7 Å². The summed E-state index contributed by atoms with van der Waals surface area (Å²) in [6, 6.07) is 10.9. The molecule has 2 saturated heterocycles. The summed E-state index contributed by atoms with van der Waals surface area (Å²) in [5.74, 6) is 1.41. The highest BCUT2D eigenvalue weighted by atomic mass is 32.2. The second-order valence-electron chi connectivity index (χ2n) is 12.5. The molecule has 13 nitrogen and oxygen atoms in total. The summed E-state index contributed by atoms with van der Waals surface area (Å²) in [4.78, 5) is 15.2. The van der Waals surface area contributed by atoms with E-state index < -0.39 is 34.4 Å². The van der Waals surface area contributed by atoms with Gasteiger partial charge in [-0.15, -0.1) is 0 Å². The fourth-order valence-electron chi connectivity index (χ4n) is 5.68. The zero-order valence-electron chi connectivity index (χ0n) is 26.8. The lowest BCUT2D eigenvalue weighted by atomic mass is 10.0. The van der Waals surface area contributed by atoms with Gasteiger partial charge in [0.15, 0.2) is 17.8 Å². The van der Waals surface area contributed by atoms with Crippen LogP contribution in [0, 0.1) is 11.8 Å². The van der Waals surface area contributed by atoms with Gasteiger partial charge < -0.3 is 43.7 Å². The molecule has 2 aromatic carbocycles. The summed E-state index contributed by atoms with van der Waals surface area (Å²) >= 11 is 0. The average molecular weight is 664 g/mol. The quantitative estimate of drug-likeness (QED) is 0.290. The number of benzene rings is 2. The average Bonchev–Trinajstić information content (AvgIpc) is 3.75. The number of nitrogens with one attached hydrogen (secondary N) is 1. The molecule has 3 aliphatic heterocycles. The Morgan fingerprint density at radius 2 is 1.83 bits per heavy atom. The van der Waals surface area contributed by atoms with E-state index in [4.69, 9.17) is 28.4 Å². The summed E-state index contributed by atoms with van der Waals surface area (Å²) in [6.07, 6.45) is -1.93. The van der Waals surface area contributed by atoms with Crippen LogP contribution in [-0.2, 0) is 30.7 Å². The van der Waals surface area contributed by atoms with Crippen molar-refractivity contribution in [3.63, 3.8) is 0 Å². The molecule has 0 unspecified atom stereocenters. The summed E-state index contributed by atoms with van der Waals surface area (Å²) in [6.45, 7) is 5.75. The molecule has 2 aromatic rings. The third-order valence-corrected chi connectivity index (χ3v) is 9.97. The predicted molar refractivity (Wildman–Crippen MR) is 167 cm³/mol. The number of hydrogen-bond donors (Lipinski definition) is 2. The van der Waals surface area contributed by atoms with Crippen LogP contribution in [0.25, 0.3) is 0 Å². The molecule has 254 valence electrons. The van der Waals surface area contributed by atoms with Gasteiger partial charge in [0, 0.05) is 25.7 Å². The van der Waals surface area contributed by atoms with Crippen molar-refractivity contribution in [2.45, 2.75) is 56.1 Å². The van der Waals surface area contributed by atoms with E-state index in [0.717, 1.165) is 18.5 Å². The Bertz CT molecular complexity index is 1420. The summed E-state index contributed by atoms with van der Waals surface area (Å²) < 4.78 is 62.4. The molecule has 2 fully saturated rings. The highest BCUT2D eigenvalue weighted by molar-refractivity contribution is 7.89. The second kappa shape index (κ2) is 15.2. The summed E-state index contributed by atoms with van der Waals surface area (Å²) in [5.41, 5.74) is 0.812. The Morgan fingerprint density at radius 1 is 1.07 bits per heavy atom. The van der Waals surface area contributed by atoms with Gasteiger partial charge in [-0.3, -0.25) is 0 Å². The van der Waals surface area contributed by atoms with Crippen molar-refractivity contribution in [2.75, 3.05) is 60.3 Å². The van der Waals surface area contributed by atoms with Gasteiger partial charge in [0.1, 0.15) is 18.5 Å². The Labute approximate surface area is 270 Å². The maximum Gasteiger partial charge on any atom is 0.407 e. The van der Waals surface area contributed by atoms with E-state index in [-0.39, 0.29) is 55.9 Å².